The number of halogens is 3. The molecule has 0 spiro atoms. The molecule has 4 nitrogen and oxygen atoms in total. The van der Waals surface area contributed by atoms with E-state index in [1.54, 1.807) is 6.07 Å². The average Bonchev–Trinajstić information content (AvgIpc) is 2.41. The van der Waals surface area contributed by atoms with Crippen molar-refractivity contribution in [1.29, 1.82) is 0 Å². The van der Waals surface area contributed by atoms with Gasteiger partial charge in [0.1, 0.15) is 11.9 Å². The number of carboxylic acid groups (broad SMARTS) is 1. The number of amides is 1. The predicted octanol–water partition coefficient (Wildman–Crippen LogP) is 2.76. The van der Waals surface area contributed by atoms with Gasteiger partial charge in [0.15, 0.2) is 0 Å². The summed E-state index contributed by atoms with van der Waals surface area (Å²) in [5.74, 6) is -2.46. The Morgan fingerprint density at radius 1 is 1.30 bits per heavy atom. The van der Waals surface area contributed by atoms with Gasteiger partial charge in [-0.3, -0.25) is 4.79 Å². The minimum Gasteiger partial charge on any atom is -0.480 e. The Balaban J connectivity index is 2.09. The van der Waals surface area contributed by atoms with E-state index in [-0.39, 0.29) is 6.42 Å². The molecule has 1 unspecified atom stereocenters. The second-order valence-corrected chi connectivity index (χ2v) is 5.93. The molecule has 2 rings (SSSR count). The van der Waals surface area contributed by atoms with Crippen LogP contribution in [-0.4, -0.2) is 29.5 Å². The number of hydrogen-bond donors (Lipinski definition) is 2. The van der Waals surface area contributed by atoms with Crippen molar-refractivity contribution in [2.75, 3.05) is 0 Å². The van der Waals surface area contributed by atoms with Crippen molar-refractivity contribution in [2.24, 2.45) is 5.41 Å². The van der Waals surface area contributed by atoms with Crippen molar-refractivity contribution in [3.8, 4) is 0 Å². The van der Waals surface area contributed by atoms with E-state index in [4.69, 9.17) is 5.11 Å². The molecule has 1 aromatic carbocycles. The van der Waals surface area contributed by atoms with Crippen LogP contribution in [-0.2, 0) is 16.0 Å². The third-order valence-corrected chi connectivity index (χ3v) is 4.24. The van der Waals surface area contributed by atoms with Gasteiger partial charge in [-0.05, 0) is 37.0 Å². The molecule has 1 aliphatic rings. The molecule has 0 heterocycles. The average molecular weight is 329 g/mol. The van der Waals surface area contributed by atoms with Gasteiger partial charge in [-0.15, -0.1) is 0 Å². The second-order valence-electron chi connectivity index (χ2n) is 5.93. The molecule has 1 atom stereocenters. The normalized spacial score (nSPS) is 17.4. The zero-order valence-corrected chi connectivity index (χ0v) is 12.4. The number of benzene rings is 1. The van der Waals surface area contributed by atoms with E-state index >= 15 is 0 Å². The molecule has 7 heteroatoms. The molecule has 1 amide bonds. The highest BCUT2D eigenvalue weighted by atomic mass is 19.3. The van der Waals surface area contributed by atoms with Gasteiger partial charge >= 0.3 is 5.97 Å². The number of nitrogens with one attached hydrogen (secondary N) is 1. The number of carbonyl (C=O) groups is 2. The maximum absolute atomic E-state index is 13.3. The Hall–Kier alpha value is -2.05. The largest absolute Gasteiger partial charge is 0.480 e. The summed E-state index contributed by atoms with van der Waals surface area (Å²) in [7, 11) is 0. The quantitative estimate of drug-likeness (QED) is 0.808. The summed E-state index contributed by atoms with van der Waals surface area (Å²) >= 11 is 0. The van der Waals surface area contributed by atoms with E-state index in [1.165, 1.54) is 18.2 Å². The number of rotatable bonds is 7. The molecule has 0 aliphatic heterocycles. The summed E-state index contributed by atoms with van der Waals surface area (Å²) in [6.07, 6.45) is -1.66. The molecule has 1 aromatic rings. The van der Waals surface area contributed by atoms with Crippen LogP contribution < -0.4 is 5.32 Å². The van der Waals surface area contributed by atoms with Crippen molar-refractivity contribution >= 4 is 11.9 Å². The van der Waals surface area contributed by atoms with Crippen LogP contribution in [0.4, 0.5) is 13.2 Å². The standard InChI is InChI=1S/C16H18F3NO3/c17-11-4-1-3-10(7-11)9-16(5-2-6-16)15(23)20-12(14(21)22)8-13(18)19/h1,3-4,7,12-13H,2,5-6,8-9H2,(H,20,23)(H,21,22). The van der Waals surface area contributed by atoms with Crippen molar-refractivity contribution in [1.82, 2.24) is 5.32 Å². The zero-order chi connectivity index (χ0) is 17.0. The molecule has 0 bridgehead atoms. The zero-order valence-electron chi connectivity index (χ0n) is 12.4. The topological polar surface area (TPSA) is 66.4 Å². The van der Waals surface area contributed by atoms with Crippen LogP contribution in [0.25, 0.3) is 0 Å². The second kappa shape index (κ2) is 7.02. The fourth-order valence-electron chi connectivity index (χ4n) is 2.84. The van der Waals surface area contributed by atoms with Crippen molar-refractivity contribution in [2.45, 2.75) is 44.6 Å². The predicted molar refractivity (Wildman–Crippen MR) is 76.6 cm³/mol. The van der Waals surface area contributed by atoms with E-state index in [2.05, 4.69) is 5.32 Å². The van der Waals surface area contributed by atoms with E-state index < -0.39 is 42.0 Å². The van der Waals surface area contributed by atoms with Gasteiger partial charge in [0.05, 0.1) is 5.41 Å². The summed E-state index contributed by atoms with van der Waals surface area (Å²) in [6.45, 7) is 0. The monoisotopic (exact) mass is 329 g/mol. The van der Waals surface area contributed by atoms with Crippen LogP contribution in [0.3, 0.4) is 0 Å². The minimum absolute atomic E-state index is 0.262. The van der Waals surface area contributed by atoms with Gasteiger partial charge in [-0.2, -0.15) is 0 Å². The maximum atomic E-state index is 13.3. The van der Waals surface area contributed by atoms with Gasteiger partial charge < -0.3 is 10.4 Å². The highest BCUT2D eigenvalue weighted by Gasteiger charge is 2.45. The number of carboxylic acids is 1. The first-order chi connectivity index (χ1) is 10.8. The van der Waals surface area contributed by atoms with Gasteiger partial charge in [0, 0.05) is 6.42 Å². The summed E-state index contributed by atoms with van der Waals surface area (Å²) in [5, 5.41) is 11.2. The lowest BCUT2D eigenvalue weighted by molar-refractivity contribution is -0.146. The van der Waals surface area contributed by atoms with Crippen LogP contribution in [0.5, 0.6) is 0 Å². The van der Waals surface area contributed by atoms with E-state index in [1.807, 2.05) is 0 Å². The van der Waals surface area contributed by atoms with E-state index in [9.17, 15) is 22.8 Å². The van der Waals surface area contributed by atoms with E-state index in [0.29, 0.717) is 18.4 Å². The molecule has 2 N–H and O–H groups in total. The fourth-order valence-corrected chi connectivity index (χ4v) is 2.84. The lowest BCUT2D eigenvalue weighted by atomic mass is 9.64. The van der Waals surface area contributed by atoms with Crippen molar-refractivity contribution in [3.05, 3.63) is 35.6 Å². The maximum Gasteiger partial charge on any atom is 0.326 e. The van der Waals surface area contributed by atoms with Crippen LogP contribution >= 0.6 is 0 Å². The number of alkyl halides is 2. The smallest absolute Gasteiger partial charge is 0.326 e. The van der Waals surface area contributed by atoms with Gasteiger partial charge in [-0.25, -0.2) is 18.0 Å². The van der Waals surface area contributed by atoms with Gasteiger partial charge in [0.25, 0.3) is 0 Å². The van der Waals surface area contributed by atoms with Crippen molar-refractivity contribution in [3.63, 3.8) is 0 Å². The Morgan fingerprint density at radius 3 is 2.48 bits per heavy atom. The van der Waals surface area contributed by atoms with Crippen LogP contribution in [0, 0.1) is 11.2 Å². The summed E-state index contributed by atoms with van der Waals surface area (Å²) in [6, 6.07) is 4.21. The molecule has 0 aromatic heterocycles. The Morgan fingerprint density at radius 2 is 2.00 bits per heavy atom. The first-order valence-electron chi connectivity index (χ1n) is 7.39. The van der Waals surface area contributed by atoms with Gasteiger partial charge in [0.2, 0.25) is 12.3 Å². The Kier molecular flexibility index (Phi) is 5.28. The fraction of sp³-hybridized carbons (Fsp3) is 0.500. The minimum atomic E-state index is -2.82. The first kappa shape index (κ1) is 17.3. The summed E-state index contributed by atoms with van der Waals surface area (Å²) in [5.41, 5.74) is -0.218. The van der Waals surface area contributed by atoms with Crippen LogP contribution in [0.2, 0.25) is 0 Å². The SMILES string of the molecule is O=C(O)C(CC(F)F)NC(=O)C1(Cc2cccc(F)c2)CCC1. The Labute approximate surface area is 131 Å². The lowest BCUT2D eigenvalue weighted by Gasteiger charge is -2.41. The Bertz CT molecular complexity index is 588. The third kappa shape index (κ3) is 4.24. The number of aliphatic carboxylic acids is 1. The number of hydrogen-bond acceptors (Lipinski definition) is 2. The third-order valence-electron chi connectivity index (χ3n) is 4.24. The highest BCUT2D eigenvalue weighted by molar-refractivity contribution is 5.88. The molecule has 23 heavy (non-hydrogen) atoms. The highest BCUT2D eigenvalue weighted by Crippen LogP contribution is 2.44. The summed E-state index contributed by atoms with van der Waals surface area (Å²) < 4.78 is 38.1. The molecule has 0 saturated heterocycles. The van der Waals surface area contributed by atoms with Gasteiger partial charge in [-0.1, -0.05) is 18.6 Å². The molecule has 1 fully saturated rings. The summed E-state index contributed by atoms with van der Waals surface area (Å²) in [4.78, 5) is 23.4. The van der Waals surface area contributed by atoms with Crippen LogP contribution in [0.1, 0.15) is 31.2 Å². The first-order valence-corrected chi connectivity index (χ1v) is 7.39. The molecular formula is C16H18F3NO3. The molecule has 1 aliphatic carbocycles. The molecule has 126 valence electrons. The number of carbonyl (C=O) groups excluding carboxylic acids is 1. The van der Waals surface area contributed by atoms with Crippen LogP contribution in [0.15, 0.2) is 24.3 Å². The lowest BCUT2D eigenvalue weighted by Crippen LogP contribution is -2.52. The van der Waals surface area contributed by atoms with Crippen molar-refractivity contribution < 1.29 is 27.9 Å². The molecule has 0 radical (unpaired) electrons. The van der Waals surface area contributed by atoms with E-state index in [0.717, 1.165) is 6.42 Å². The molecular weight excluding hydrogens is 311 g/mol. The molecule has 1 saturated carbocycles.